The largest absolute Gasteiger partial charge is 0.175 e. The molecule has 0 fully saturated rings. The van der Waals surface area contributed by atoms with E-state index in [1.165, 1.54) is 20.8 Å². The Morgan fingerprint density at radius 3 is 1.69 bits per heavy atom. The average molecular weight is 488 g/mol. The van der Waals surface area contributed by atoms with Crippen LogP contribution in [0, 0.1) is 0 Å². The molecule has 134 valence electrons. The molecule has 0 nitrogen and oxygen atoms in total. The molecule has 2 rings (SSSR count). The molecule has 0 heterocycles. The topological polar surface area (TPSA) is 0 Å². The van der Waals surface area contributed by atoms with Crippen molar-refractivity contribution in [1.29, 1.82) is 0 Å². The van der Waals surface area contributed by atoms with Crippen molar-refractivity contribution in [3.05, 3.63) is 105 Å². The molecule has 2 aromatic carbocycles. The lowest BCUT2D eigenvalue weighted by molar-refractivity contribution is 1.51. The van der Waals surface area contributed by atoms with Gasteiger partial charge in [-0.15, -0.1) is 0 Å². The van der Waals surface area contributed by atoms with Crippen LogP contribution in [0.1, 0.15) is 20.8 Å². The molecule has 0 bridgehead atoms. The fraction of sp³-hybridized carbons (Fsp3) is 0.130. The molecule has 0 aliphatic rings. The van der Waals surface area contributed by atoms with Crippen molar-refractivity contribution in [2.75, 3.05) is 0 Å². The van der Waals surface area contributed by atoms with Gasteiger partial charge in [-0.2, -0.15) is 0 Å². The summed E-state index contributed by atoms with van der Waals surface area (Å²) in [4.78, 5) is 0. The number of rotatable bonds is 6. The van der Waals surface area contributed by atoms with Crippen molar-refractivity contribution in [3.63, 3.8) is 0 Å². The molecule has 0 amide bonds. The minimum absolute atomic E-state index is 1.10. The van der Waals surface area contributed by atoms with E-state index in [0.29, 0.717) is 0 Å². The molecule has 0 aliphatic carbocycles. The van der Waals surface area contributed by atoms with Gasteiger partial charge in [-0.05, 0) is 55.4 Å². The van der Waals surface area contributed by atoms with Crippen LogP contribution in [0.4, 0.5) is 0 Å². The molecule has 2 aromatic rings. The van der Waals surface area contributed by atoms with E-state index in [1.54, 1.807) is 0 Å². The van der Waals surface area contributed by atoms with E-state index < -0.39 is 8.07 Å². The first kappa shape index (κ1) is 20.9. The quantitative estimate of drug-likeness (QED) is 0.322. The second kappa shape index (κ2) is 9.49. The number of allylic oxidation sites excluding steroid dienone is 7. The molecule has 0 aromatic heterocycles. The Hall–Kier alpha value is -1.42. The number of halogens is 2. The Morgan fingerprint density at radius 2 is 1.35 bits per heavy atom. The van der Waals surface area contributed by atoms with Crippen molar-refractivity contribution in [2.45, 2.75) is 20.8 Å². The summed E-state index contributed by atoms with van der Waals surface area (Å²) in [7, 11) is -2.35. The zero-order valence-electron chi connectivity index (χ0n) is 15.5. The SMILES string of the molecule is C=CC=C(C)[Si](C(C=CC)=CC)(c1ccc(Br)cc1)c1ccc(Br)cc1. The van der Waals surface area contributed by atoms with Gasteiger partial charge in [0.05, 0.1) is 0 Å². The van der Waals surface area contributed by atoms with Crippen LogP contribution in [0.15, 0.2) is 105 Å². The highest BCUT2D eigenvalue weighted by Crippen LogP contribution is 2.27. The van der Waals surface area contributed by atoms with E-state index in [0.717, 1.165) is 8.95 Å². The molecule has 3 heteroatoms. The van der Waals surface area contributed by atoms with Crippen molar-refractivity contribution >= 4 is 50.3 Å². The van der Waals surface area contributed by atoms with Crippen LogP contribution in [0.3, 0.4) is 0 Å². The normalized spacial score (nSPS) is 13.3. The minimum Gasteiger partial charge on any atom is -0.0991 e. The van der Waals surface area contributed by atoms with E-state index in [-0.39, 0.29) is 0 Å². The molecule has 0 aliphatic heterocycles. The van der Waals surface area contributed by atoms with E-state index in [4.69, 9.17) is 0 Å². The fourth-order valence-electron chi connectivity index (χ4n) is 3.50. The smallest absolute Gasteiger partial charge is 0.0991 e. The van der Waals surface area contributed by atoms with E-state index in [1.807, 2.05) is 6.08 Å². The van der Waals surface area contributed by atoms with Gasteiger partial charge in [-0.1, -0.05) is 103 Å². The number of hydrogen-bond donors (Lipinski definition) is 0. The third kappa shape index (κ3) is 4.11. The molecular weight excluding hydrogens is 464 g/mol. The van der Waals surface area contributed by atoms with Gasteiger partial charge >= 0.3 is 0 Å². The van der Waals surface area contributed by atoms with Gasteiger partial charge in [0, 0.05) is 8.95 Å². The summed E-state index contributed by atoms with van der Waals surface area (Å²) in [5.41, 5.74) is 0. The highest BCUT2D eigenvalue weighted by Gasteiger charge is 2.41. The Labute approximate surface area is 175 Å². The highest BCUT2D eigenvalue weighted by molar-refractivity contribution is 9.10. The van der Waals surface area contributed by atoms with Crippen molar-refractivity contribution in [3.8, 4) is 0 Å². The van der Waals surface area contributed by atoms with Crippen LogP contribution in [-0.2, 0) is 0 Å². The van der Waals surface area contributed by atoms with E-state index >= 15 is 0 Å². The molecule has 0 spiro atoms. The van der Waals surface area contributed by atoms with E-state index in [2.05, 4.69) is 132 Å². The van der Waals surface area contributed by atoms with Gasteiger partial charge < -0.3 is 0 Å². The maximum atomic E-state index is 3.95. The minimum atomic E-state index is -2.35. The molecular formula is C23H24Br2Si. The standard InChI is InChI=1S/C23H24Br2Si/c1-5-8-18(4)26(21(7-3)9-6-2,22-14-10-19(24)11-15-22)23-16-12-20(25)13-17-23/h5-17H,1H2,2-4H3. The molecule has 0 radical (unpaired) electrons. The lowest BCUT2D eigenvalue weighted by atomic mass is 10.3. The molecule has 26 heavy (non-hydrogen) atoms. The van der Waals surface area contributed by atoms with Gasteiger partial charge in [0.25, 0.3) is 0 Å². The third-order valence-corrected chi connectivity index (χ3v) is 10.7. The molecule has 0 atom stereocenters. The zero-order chi connectivity index (χ0) is 19.2. The number of benzene rings is 2. The second-order valence-electron chi connectivity index (χ2n) is 6.09. The Bertz CT molecular complexity index is 795. The number of hydrogen-bond acceptors (Lipinski definition) is 0. The Balaban J connectivity index is 2.96. The van der Waals surface area contributed by atoms with Crippen LogP contribution < -0.4 is 10.4 Å². The summed E-state index contributed by atoms with van der Waals surface area (Å²) in [5, 5.41) is 5.47. The van der Waals surface area contributed by atoms with Crippen LogP contribution in [0.2, 0.25) is 0 Å². The van der Waals surface area contributed by atoms with Gasteiger partial charge in [0.1, 0.15) is 0 Å². The van der Waals surface area contributed by atoms with Crippen molar-refractivity contribution < 1.29 is 0 Å². The van der Waals surface area contributed by atoms with Gasteiger partial charge in [0.15, 0.2) is 8.07 Å². The second-order valence-corrected chi connectivity index (χ2v) is 11.9. The predicted octanol–water partition coefficient (Wildman–Crippen LogP) is 6.51. The van der Waals surface area contributed by atoms with Gasteiger partial charge in [-0.25, -0.2) is 0 Å². The van der Waals surface area contributed by atoms with E-state index in [9.17, 15) is 0 Å². The first-order valence-corrected chi connectivity index (χ1v) is 12.2. The lowest BCUT2D eigenvalue weighted by Crippen LogP contribution is -2.61. The zero-order valence-corrected chi connectivity index (χ0v) is 19.6. The van der Waals surface area contributed by atoms with Crippen LogP contribution in [0.25, 0.3) is 0 Å². The summed E-state index contributed by atoms with van der Waals surface area (Å²) >= 11 is 7.16. The Morgan fingerprint density at radius 1 is 0.885 bits per heavy atom. The monoisotopic (exact) mass is 486 g/mol. The predicted molar refractivity (Wildman–Crippen MR) is 126 cm³/mol. The third-order valence-electron chi connectivity index (χ3n) is 4.60. The van der Waals surface area contributed by atoms with Crippen LogP contribution in [0.5, 0.6) is 0 Å². The Kier molecular flexibility index (Phi) is 7.63. The summed E-state index contributed by atoms with van der Waals surface area (Å²) in [6.45, 7) is 10.4. The first-order valence-electron chi connectivity index (χ1n) is 8.62. The van der Waals surface area contributed by atoms with Crippen molar-refractivity contribution in [2.24, 2.45) is 0 Å². The highest BCUT2D eigenvalue weighted by atomic mass is 79.9. The fourth-order valence-corrected chi connectivity index (χ4v) is 8.95. The molecule has 0 saturated carbocycles. The van der Waals surface area contributed by atoms with Gasteiger partial charge in [-0.3, -0.25) is 0 Å². The van der Waals surface area contributed by atoms with Crippen molar-refractivity contribution in [1.82, 2.24) is 0 Å². The summed E-state index contributed by atoms with van der Waals surface area (Å²) in [6, 6.07) is 17.6. The summed E-state index contributed by atoms with van der Waals surface area (Å²) < 4.78 is 2.19. The maximum Gasteiger partial charge on any atom is 0.175 e. The summed E-state index contributed by atoms with van der Waals surface area (Å²) in [6.07, 6.45) is 10.7. The molecule has 0 saturated heterocycles. The van der Waals surface area contributed by atoms with Crippen LogP contribution in [-0.4, -0.2) is 8.07 Å². The van der Waals surface area contributed by atoms with Crippen LogP contribution >= 0.6 is 31.9 Å². The average Bonchev–Trinajstić information content (AvgIpc) is 2.64. The lowest BCUT2D eigenvalue weighted by Gasteiger charge is -2.36. The van der Waals surface area contributed by atoms with Gasteiger partial charge in [0.2, 0.25) is 0 Å². The summed E-state index contributed by atoms with van der Waals surface area (Å²) in [5.74, 6) is 0. The first-order chi connectivity index (χ1) is 12.5. The molecule has 0 N–H and O–H groups in total. The molecule has 0 unspecified atom stereocenters. The maximum absolute atomic E-state index is 3.95.